The van der Waals surface area contributed by atoms with Crippen LogP contribution in [-0.2, 0) is 5.60 Å². The molecule has 2 bridgehead atoms. The van der Waals surface area contributed by atoms with Gasteiger partial charge >= 0.3 is 0 Å². The molecule has 2 aliphatic heterocycles. The van der Waals surface area contributed by atoms with Crippen molar-refractivity contribution in [1.29, 1.82) is 0 Å². The first kappa shape index (κ1) is 18.1. The number of H-pyrrole nitrogens is 1. The second-order valence-corrected chi connectivity index (χ2v) is 9.22. The van der Waals surface area contributed by atoms with Crippen LogP contribution in [0.3, 0.4) is 0 Å². The summed E-state index contributed by atoms with van der Waals surface area (Å²) in [5.74, 6) is 1.27. The first-order chi connectivity index (χ1) is 13.5. The minimum atomic E-state index is -1.24. The Morgan fingerprint density at radius 3 is 2.86 bits per heavy atom. The molecular weight excluding hydrogens is 352 g/mol. The van der Waals surface area contributed by atoms with Crippen LogP contribution in [0.4, 0.5) is 5.95 Å². The van der Waals surface area contributed by atoms with E-state index in [1.807, 2.05) is 13.1 Å². The normalized spacial score (nSPS) is 29.1. The summed E-state index contributed by atoms with van der Waals surface area (Å²) in [4.78, 5) is 11.6. The van der Waals surface area contributed by atoms with Crippen LogP contribution >= 0.6 is 0 Å². The van der Waals surface area contributed by atoms with E-state index in [0.29, 0.717) is 28.8 Å². The van der Waals surface area contributed by atoms with E-state index in [4.69, 9.17) is 4.98 Å². The highest BCUT2D eigenvalue weighted by molar-refractivity contribution is 5.42. The molecule has 3 N–H and O–H groups in total. The summed E-state index contributed by atoms with van der Waals surface area (Å²) in [6.07, 6.45) is 9.10. The number of aromatic amines is 1. The molecule has 0 radical (unpaired) electrons. The minimum Gasteiger partial charge on any atom is -0.377 e. The molecule has 0 aromatic carbocycles. The first-order valence-electron chi connectivity index (χ1n) is 10.5. The summed E-state index contributed by atoms with van der Waals surface area (Å²) < 4.78 is 0. The number of hydrogen-bond donors (Lipinski definition) is 3. The molecule has 6 rings (SSSR count). The van der Waals surface area contributed by atoms with E-state index in [2.05, 4.69) is 25.4 Å². The molecule has 1 atom stereocenters. The SMILES string of the molecule is CNCC12CC(C1)N(c1nccc(C(C)(O)c3cc(C4CCCC4)[nH]n3)n1)C2. The van der Waals surface area contributed by atoms with E-state index >= 15 is 0 Å². The van der Waals surface area contributed by atoms with Gasteiger partial charge in [-0.15, -0.1) is 0 Å². The van der Waals surface area contributed by atoms with Gasteiger partial charge in [-0.1, -0.05) is 12.8 Å². The summed E-state index contributed by atoms with van der Waals surface area (Å²) in [6.45, 7) is 3.80. The van der Waals surface area contributed by atoms with Crippen molar-refractivity contribution in [3.05, 3.63) is 35.4 Å². The van der Waals surface area contributed by atoms with Crippen molar-refractivity contribution in [1.82, 2.24) is 25.5 Å². The molecular formula is C21H30N6O. The standard InChI is InChI=1S/C21H30N6O/c1-20(28,18-9-16(25-26-18)14-5-3-4-6-14)17-7-8-23-19(24-17)27-13-21(12-22-2)10-15(27)11-21/h7-9,14-15,22,28H,3-6,10-13H2,1-2H3,(H,25,26). The van der Waals surface area contributed by atoms with E-state index < -0.39 is 5.60 Å². The van der Waals surface area contributed by atoms with Crippen LogP contribution in [-0.4, -0.2) is 51.5 Å². The lowest BCUT2D eigenvalue weighted by Gasteiger charge is -2.36. The van der Waals surface area contributed by atoms with E-state index in [1.165, 1.54) is 38.5 Å². The molecule has 28 heavy (non-hydrogen) atoms. The summed E-state index contributed by atoms with van der Waals surface area (Å²) in [6, 6.07) is 4.34. The summed E-state index contributed by atoms with van der Waals surface area (Å²) >= 11 is 0. The molecule has 7 heteroatoms. The molecule has 2 aromatic heterocycles. The van der Waals surface area contributed by atoms with Gasteiger partial charge in [-0.25, -0.2) is 9.97 Å². The van der Waals surface area contributed by atoms with Crippen LogP contribution in [0.2, 0.25) is 0 Å². The highest BCUT2D eigenvalue weighted by Crippen LogP contribution is 2.52. The van der Waals surface area contributed by atoms with Crippen LogP contribution in [0.5, 0.6) is 0 Å². The maximum absolute atomic E-state index is 11.3. The average molecular weight is 383 g/mol. The number of nitrogens with zero attached hydrogens (tertiary/aromatic N) is 4. The zero-order chi connectivity index (χ0) is 19.4. The summed E-state index contributed by atoms with van der Waals surface area (Å²) in [5.41, 5.74) is 1.50. The second-order valence-electron chi connectivity index (χ2n) is 9.22. The van der Waals surface area contributed by atoms with Crippen molar-refractivity contribution in [3.8, 4) is 0 Å². The van der Waals surface area contributed by atoms with Crippen molar-refractivity contribution >= 4 is 5.95 Å². The third-order valence-electron chi connectivity index (χ3n) is 7.13. The van der Waals surface area contributed by atoms with E-state index in [1.54, 1.807) is 19.2 Å². The average Bonchev–Trinajstić information content (AvgIpc) is 3.43. The lowest BCUT2D eigenvalue weighted by atomic mass is 9.70. The van der Waals surface area contributed by atoms with Crippen LogP contribution in [0.15, 0.2) is 18.3 Å². The maximum atomic E-state index is 11.3. The molecule has 1 unspecified atom stereocenters. The van der Waals surface area contributed by atoms with Gasteiger partial charge in [0.05, 0.1) is 11.4 Å². The molecule has 0 amide bonds. The van der Waals surface area contributed by atoms with Crippen LogP contribution < -0.4 is 10.2 Å². The Balaban J connectivity index is 1.38. The Hall–Kier alpha value is -1.99. The Morgan fingerprint density at radius 1 is 1.32 bits per heavy atom. The Bertz CT molecular complexity index is 850. The summed E-state index contributed by atoms with van der Waals surface area (Å²) in [7, 11) is 2.02. The molecule has 4 heterocycles. The number of aromatic nitrogens is 4. The monoisotopic (exact) mass is 382 g/mol. The van der Waals surface area contributed by atoms with E-state index in [0.717, 1.165) is 24.7 Å². The van der Waals surface area contributed by atoms with Gasteiger partial charge in [0.25, 0.3) is 0 Å². The predicted octanol–water partition coefficient (Wildman–Crippen LogP) is 2.30. The summed E-state index contributed by atoms with van der Waals surface area (Å²) in [5, 5.41) is 22.2. The fraction of sp³-hybridized carbons (Fsp3) is 0.667. The molecule has 4 fully saturated rings. The number of hydrogen-bond acceptors (Lipinski definition) is 6. The Kier molecular flexibility index (Phi) is 4.21. The quantitative estimate of drug-likeness (QED) is 0.710. The lowest BCUT2D eigenvalue weighted by Crippen LogP contribution is -2.41. The van der Waals surface area contributed by atoms with Gasteiger partial charge in [0, 0.05) is 42.4 Å². The molecule has 4 aliphatic rings. The number of nitrogens with one attached hydrogen (secondary N) is 2. The number of fused-ring (bicyclic) bond motifs is 1. The van der Waals surface area contributed by atoms with Crippen molar-refractivity contribution < 1.29 is 5.11 Å². The van der Waals surface area contributed by atoms with Gasteiger partial charge in [-0.3, -0.25) is 5.10 Å². The van der Waals surface area contributed by atoms with Crippen molar-refractivity contribution in [2.75, 3.05) is 25.0 Å². The highest BCUT2D eigenvalue weighted by Gasteiger charge is 2.55. The van der Waals surface area contributed by atoms with Gasteiger partial charge in [0.1, 0.15) is 5.60 Å². The fourth-order valence-corrected chi connectivity index (χ4v) is 5.51. The third kappa shape index (κ3) is 2.83. The molecule has 2 saturated carbocycles. The number of anilines is 1. The van der Waals surface area contributed by atoms with E-state index in [-0.39, 0.29) is 0 Å². The van der Waals surface area contributed by atoms with E-state index in [9.17, 15) is 5.11 Å². The van der Waals surface area contributed by atoms with Gasteiger partial charge < -0.3 is 15.3 Å². The number of rotatable bonds is 6. The molecule has 2 aromatic rings. The number of aliphatic hydroxyl groups is 1. The topological polar surface area (TPSA) is 90.0 Å². The van der Waals surface area contributed by atoms with Gasteiger partial charge in [-0.2, -0.15) is 5.10 Å². The molecule has 0 spiro atoms. The minimum absolute atomic E-state index is 0.361. The van der Waals surface area contributed by atoms with Crippen LogP contribution in [0.1, 0.15) is 68.4 Å². The Morgan fingerprint density at radius 2 is 2.11 bits per heavy atom. The van der Waals surface area contributed by atoms with Crippen LogP contribution in [0.25, 0.3) is 0 Å². The maximum Gasteiger partial charge on any atom is 0.225 e. The largest absolute Gasteiger partial charge is 0.377 e. The third-order valence-corrected chi connectivity index (χ3v) is 7.13. The van der Waals surface area contributed by atoms with Crippen LogP contribution in [0, 0.1) is 5.41 Å². The highest BCUT2D eigenvalue weighted by atomic mass is 16.3. The molecule has 7 nitrogen and oxygen atoms in total. The second kappa shape index (κ2) is 6.52. The van der Waals surface area contributed by atoms with Crippen molar-refractivity contribution in [2.24, 2.45) is 5.41 Å². The smallest absolute Gasteiger partial charge is 0.225 e. The fourth-order valence-electron chi connectivity index (χ4n) is 5.51. The van der Waals surface area contributed by atoms with Gasteiger partial charge in [0.2, 0.25) is 5.95 Å². The molecule has 150 valence electrons. The van der Waals surface area contributed by atoms with Gasteiger partial charge in [-0.05, 0) is 51.8 Å². The molecule has 2 aliphatic carbocycles. The predicted molar refractivity (Wildman–Crippen MR) is 107 cm³/mol. The Labute approximate surface area is 166 Å². The van der Waals surface area contributed by atoms with Crippen molar-refractivity contribution in [2.45, 2.75) is 63.0 Å². The van der Waals surface area contributed by atoms with Crippen molar-refractivity contribution in [3.63, 3.8) is 0 Å². The first-order valence-corrected chi connectivity index (χ1v) is 10.5. The lowest BCUT2D eigenvalue weighted by molar-refractivity contribution is 0.0924. The zero-order valence-electron chi connectivity index (χ0n) is 16.8. The molecule has 2 saturated heterocycles. The van der Waals surface area contributed by atoms with Gasteiger partial charge in [0.15, 0.2) is 0 Å². The zero-order valence-corrected chi connectivity index (χ0v) is 16.8.